The molecule has 2 aromatic rings. The number of rotatable bonds is 4. The third-order valence-electron chi connectivity index (χ3n) is 2.18. The van der Waals surface area contributed by atoms with Crippen molar-refractivity contribution < 1.29 is 18.4 Å². The molecule has 1 heterocycles. The summed E-state index contributed by atoms with van der Waals surface area (Å²) < 4.78 is 23.1. The van der Waals surface area contributed by atoms with E-state index in [2.05, 4.69) is 10.1 Å². The predicted octanol–water partition coefficient (Wildman–Crippen LogP) is 1.98. The second-order valence-corrected chi connectivity index (χ2v) is 3.47. The van der Waals surface area contributed by atoms with Gasteiger partial charge in [-0.3, -0.25) is 4.79 Å². The number of halogens is 1. The van der Waals surface area contributed by atoms with Crippen molar-refractivity contribution in [3.05, 3.63) is 36.0 Å². The SMILES string of the molecule is CCOC(=O)Cc1nc(-c2ccccc2F)no1. The van der Waals surface area contributed by atoms with Gasteiger partial charge in [-0.2, -0.15) is 4.98 Å². The maximum atomic E-state index is 13.5. The van der Waals surface area contributed by atoms with Crippen LogP contribution in [0, 0.1) is 5.82 Å². The summed E-state index contributed by atoms with van der Waals surface area (Å²) in [6, 6.07) is 6.07. The molecule has 0 atom stereocenters. The zero-order valence-electron chi connectivity index (χ0n) is 9.72. The van der Waals surface area contributed by atoms with Gasteiger partial charge in [0.25, 0.3) is 0 Å². The van der Waals surface area contributed by atoms with Gasteiger partial charge in [0.05, 0.1) is 12.2 Å². The number of hydrogen-bond acceptors (Lipinski definition) is 5. The van der Waals surface area contributed by atoms with E-state index in [9.17, 15) is 9.18 Å². The van der Waals surface area contributed by atoms with Crippen LogP contribution in [0.4, 0.5) is 4.39 Å². The van der Waals surface area contributed by atoms with Gasteiger partial charge in [-0.25, -0.2) is 4.39 Å². The number of ether oxygens (including phenoxy) is 1. The first-order valence-corrected chi connectivity index (χ1v) is 5.43. The van der Waals surface area contributed by atoms with Gasteiger partial charge in [-0.1, -0.05) is 17.3 Å². The van der Waals surface area contributed by atoms with E-state index in [0.29, 0.717) is 0 Å². The summed E-state index contributed by atoms with van der Waals surface area (Å²) >= 11 is 0. The molecule has 6 heteroatoms. The average molecular weight is 250 g/mol. The van der Waals surface area contributed by atoms with Gasteiger partial charge in [-0.15, -0.1) is 0 Å². The predicted molar refractivity (Wildman–Crippen MR) is 60.0 cm³/mol. The van der Waals surface area contributed by atoms with Gasteiger partial charge in [-0.05, 0) is 19.1 Å². The van der Waals surface area contributed by atoms with E-state index in [1.807, 2.05) is 0 Å². The van der Waals surface area contributed by atoms with Gasteiger partial charge in [0.15, 0.2) is 0 Å². The Morgan fingerprint density at radius 1 is 1.44 bits per heavy atom. The minimum absolute atomic E-state index is 0.103. The summed E-state index contributed by atoms with van der Waals surface area (Å²) in [7, 11) is 0. The molecule has 0 aliphatic heterocycles. The molecule has 2 rings (SSSR count). The fraction of sp³-hybridized carbons (Fsp3) is 0.250. The summed E-state index contributed by atoms with van der Waals surface area (Å²) in [6.45, 7) is 1.99. The van der Waals surface area contributed by atoms with Crippen LogP contribution >= 0.6 is 0 Å². The Morgan fingerprint density at radius 3 is 2.94 bits per heavy atom. The number of benzene rings is 1. The smallest absolute Gasteiger partial charge is 0.315 e. The van der Waals surface area contributed by atoms with Gasteiger partial charge >= 0.3 is 5.97 Å². The van der Waals surface area contributed by atoms with Crippen LogP contribution in [0.5, 0.6) is 0 Å². The van der Waals surface area contributed by atoms with Crippen LogP contribution in [-0.4, -0.2) is 22.7 Å². The third kappa shape index (κ3) is 2.71. The quantitative estimate of drug-likeness (QED) is 0.776. The Morgan fingerprint density at radius 2 is 2.22 bits per heavy atom. The Bertz CT molecular complexity index is 554. The standard InChI is InChI=1S/C12H11FN2O3/c1-2-17-11(16)7-10-14-12(15-18-10)8-5-3-4-6-9(8)13/h3-6H,2,7H2,1H3. The summed E-state index contributed by atoms with van der Waals surface area (Å²) in [4.78, 5) is 15.1. The minimum atomic E-state index is -0.457. The van der Waals surface area contributed by atoms with Crippen molar-refractivity contribution in [1.29, 1.82) is 0 Å². The molecule has 94 valence electrons. The Labute approximate surface area is 103 Å². The molecule has 5 nitrogen and oxygen atoms in total. The van der Waals surface area contributed by atoms with Crippen molar-refractivity contribution in [2.24, 2.45) is 0 Å². The van der Waals surface area contributed by atoms with Crippen LogP contribution in [0.2, 0.25) is 0 Å². The zero-order chi connectivity index (χ0) is 13.0. The van der Waals surface area contributed by atoms with Crippen LogP contribution in [0.1, 0.15) is 12.8 Å². The molecule has 0 N–H and O–H groups in total. The summed E-state index contributed by atoms with van der Waals surface area (Å²) in [6.07, 6.45) is -0.116. The fourth-order valence-electron chi connectivity index (χ4n) is 1.41. The van der Waals surface area contributed by atoms with E-state index in [1.165, 1.54) is 12.1 Å². The lowest BCUT2D eigenvalue weighted by molar-refractivity contribution is -0.142. The summed E-state index contributed by atoms with van der Waals surface area (Å²) in [5.41, 5.74) is 0.233. The van der Waals surface area contributed by atoms with Gasteiger partial charge in [0.2, 0.25) is 11.7 Å². The van der Waals surface area contributed by atoms with Crippen molar-refractivity contribution in [1.82, 2.24) is 10.1 Å². The van der Waals surface area contributed by atoms with Crippen LogP contribution in [-0.2, 0) is 16.0 Å². The highest BCUT2D eigenvalue weighted by molar-refractivity contribution is 5.71. The Hall–Kier alpha value is -2.24. The third-order valence-corrected chi connectivity index (χ3v) is 2.18. The molecule has 1 aromatic carbocycles. The fourth-order valence-corrected chi connectivity index (χ4v) is 1.41. The molecule has 0 aliphatic carbocycles. The zero-order valence-corrected chi connectivity index (χ0v) is 9.72. The molecule has 0 bridgehead atoms. The Kier molecular flexibility index (Phi) is 3.66. The second kappa shape index (κ2) is 5.39. The van der Waals surface area contributed by atoms with E-state index in [-0.39, 0.29) is 30.3 Å². The topological polar surface area (TPSA) is 65.2 Å². The number of esters is 1. The average Bonchev–Trinajstić information content (AvgIpc) is 2.78. The highest BCUT2D eigenvalue weighted by Crippen LogP contribution is 2.19. The molecular formula is C12H11FN2O3. The lowest BCUT2D eigenvalue weighted by Gasteiger charge is -1.96. The number of nitrogens with zero attached hydrogens (tertiary/aromatic N) is 2. The molecular weight excluding hydrogens is 239 g/mol. The first-order chi connectivity index (χ1) is 8.70. The van der Waals surface area contributed by atoms with Crippen molar-refractivity contribution in [2.45, 2.75) is 13.3 Å². The largest absolute Gasteiger partial charge is 0.466 e. The molecule has 0 unspecified atom stereocenters. The minimum Gasteiger partial charge on any atom is -0.466 e. The van der Waals surface area contributed by atoms with Crippen molar-refractivity contribution in [3.8, 4) is 11.4 Å². The lowest BCUT2D eigenvalue weighted by Crippen LogP contribution is -2.07. The van der Waals surface area contributed by atoms with Crippen molar-refractivity contribution >= 4 is 5.97 Å². The number of carbonyl (C=O) groups is 1. The molecule has 0 saturated heterocycles. The van der Waals surface area contributed by atoms with Crippen LogP contribution in [0.25, 0.3) is 11.4 Å². The summed E-state index contributed by atoms with van der Waals surface area (Å²) in [5, 5.41) is 3.63. The number of carbonyl (C=O) groups excluding carboxylic acids is 1. The van der Waals surface area contributed by atoms with Crippen molar-refractivity contribution in [2.75, 3.05) is 6.61 Å². The molecule has 0 saturated carbocycles. The monoisotopic (exact) mass is 250 g/mol. The maximum Gasteiger partial charge on any atom is 0.315 e. The second-order valence-electron chi connectivity index (χ2n) is 3.47. The van der Waals surface area contributed by atoms with E-state index in [4.69, 9.17) is 9.26 Å². The van der Waals surface area contributed by atoms with E-state index in [1.54, 1.807) is 19.1 Å². The lowest BCUT2D eigenvalue weighted by atomic mass is 10.2. The highest BCUT2D eigenvalue weighted by atomic mass is 19.1. The van der Waals surface area contributed by atoms with Crippen LogP contribution in [0.3, 0.4) is 0 Å². The molecule has 18 heavy (non-hydrogen) atoms. The number of hydrogen-bond donors (Lipinski definition) is 0. The molecule has 0 amide bonds. The molecule has 0 spiro atoms. The van der Waals surface area contributed by atoms with Gasteiger partial charge in [0, 0.05) is 0 Å². The highest BCUT2D eigenvalue weighted by Gasteiger charge is 2.15. The number of aromatic nitrogens is 2. The van der Waals surface area contributed by atoms with E-state index < -0.39 is 11.8 Å². The first-order valence-electron chi connectivity index (χ1n) is 5.43. The van der Waals surface area contributed by atoms with Crippen molar-refractivity contribution in [3.63, 3.8) is 0 Å². The summed E-state index contributed by atoms with van der Waals surface area (Å²) in [5.74, 6) is -0.679. The molecule has 0 aliphatic rings. The molecule has 0 radical (unpaired) electrons. The molecule has 1 aromatic heterocycles. The van der Waals surface area contributed by atoms with Crippen LogP contribution in [0.15, 0.2) is 28.8 Å². The normalized spacial score (nSPS) is 10.3. The molecule has 0 fully saturated rings. The van der Waals surface area contributed by atoms with Gasteiger partial charge < -0.3 is 9.26 Å². The maximum absolute atomic E-state index is 13.5. The van der Waals surface area contributed by atoms with Gasteiger partial charge in [0.1, 0.15) is 12.2 Å². The Balaban J connectivity index is 2.16. The first kappa shape index (κ1) is 12.2. The van der Waals surface area contributed by atoms with E-state index >= 15 is 0 Å². The van der Waals surface area contributed by atoms with E-state index in [0.717, 1.165) is 0 Å². The van der Waals surface area contributed by atoms with Crippen LogP contribution < -0.4 is 0 Å².